The fraction of sp³-hybridized carbons (Fsp3) is 0.467. The molecule has 7 heteroatoms. The summed E-state index contributed by atoms with van der Waals surface area (Å²) in [6.45, 7) is 2.75. The first-order valence-corrected chi connectivity index (χ1v) is 7.72. The average Bonchev–Trinajstić information content (AvgIpc) is 2.85. The summed E-state index contributed by atoms with van der Waals surface area (Å²) in [4.78, 5) is 26.0. The molecule has 2 amide bonds. The van der Waals surface area contributed by atoms with Crippen LogP contribution in [0.15, 0.2) is 18.2 Å². The van der Waals surface area contributed by atoms with Gasteiger partial charge in [0.25, 0.3) is 0 Å². The number of likely N-dealkylation sites (tertiary alicyclic amines) is 1. The highest BCUT2D eigenvalue weighted by molar-refractivity contribution is 6.42. The van der Waals surface area contributed by atoms with Crippen LogP contribution < -0.4 is 5.32 Å². The number of amides is 2. The van der Waals surface area contributed by atoms with Crippen LogP contribution in [0.3, 0.4) is 0 Å². The number of hydrogen-bond donors (Lipinski definition) is 1. The summed E-state index contributed by atoms with van der Waals surface area (Å²) >= 11 is 11.8. The molecule has 1 aromatic carbocycles. The number of methoxy groups -OCH3 is 1. The van der Waals surface area contributed by atoms with Gasteiger partial charge in [0.2, 0.25) is 11.8 Å². The van der Waals surface area contributed by atoms with Crippen LogP contribution in [0.5, 0.6) is 0 Å². The summed E-state index contributed by atoms with van der Waals surface area (Å²) in [5.41, 5.74) is 0.565. The van der Waals surface area contributed by atoms with Crippen molar-refractivity contribution in [2.75, 3.05) is 25.6 Å². The zero-order chi connectivity index (χ0) is 16.3. The van der Waals surface area contributed by atoms with Gasteiger partial charge in [0, 0.05) is 25.8 Å². The smallest absolute Gasteiger partial charge is 0.229 e. The Bertz CT molecular complexity index is 580. The molecular formula is C15H18Cl2N2O3. The first-order chi connectivity index (χ1) is 10.4. The van der Waals surface area contributed by atoms with E-state index >= 15 is 0 Å². The normalized spacial score (nSPS) is 19.4. The third-order valence-corrected chi connectivity index (χ3v) is 4.40. The molecule has 1 aromatic rings. The summed E-state index contributed by atoms with van der Waals surface area (Å²) in [6, 6.07) is 4.84. The highest BCUT2D eigenvalue weighted by atomic mass is 35.5. The maximum atomic E-state index is 12.3. The predicted octanol–water partition coefficient (Wildman–Crippen LogP) is 2.82. The number of nitrogens with zero attached hydrogens (tertiary/aromatic N) is 1. The van der Waals surface area contributed by atoms with Gasteiger partial charge in [-0.15, -0.1) is 0 Å². The second kappa shape index (κ2) is 7.31. The SMILES string of the molecule is COCC(C)N1CC(C(=O)Nc2ccc(Cl)c(Cl)c2)CC1=O. The molecule has 2 atom stereocenters. The summed E-state index contributed by atoms with van der Waals surface area (Å²) in [7, 11) is 1.59. The van der Waals surface area contributed by atoms with Crippen LogP contribution in [0.4, 0.5) is 5.69 Å². The summed E-state index contributed by atoms with van der Waals surface area (Å²) in [6.07, 6.45) is 0.210. The molecule has 5 nitrogen and oxygen atoms in total. The highest BCUT2D eigenvalue weighted by Crippen LogP contribution is 2.26. The van der Waals surface area contributed by atoms with Gasteiger partial charge < -0.3 is 15.0 Å². The van der Waals surface area contributed by atoms with Crippen LogP contribution in [0.25, 0.3) is 0 Å². The molecule has 22 heavy (non-hydrogen) atoms. The van der Waals surface area contributed by atoms with Crippen LogP contribution in [-0.4, -0.2) is 43.0 Å². The van der Waals surface area contributed by atoms with E-state index in [0.717, 1.165) is 0 Å². The van der Waals surface area contributed by atoms with Gasteiger partial charge in [-0.05, 0) is 25.1 Å². The minimum Gasteiger partial charge on any atom is -0.383 e. The Balaban J connectivity index is 1.99. The van der Waals surface area contributed by atoms with Gasteiger partial charge in [-0.25, -0.2) is 0 Å². The number of halogens is 2. The van der Waals surface area contributed by atoms with Crippen LogP contribution >= 0.6 is 23.2 Å². The quantitative estimate of drug-likeness (QED) is 0.893. The number of carbonyl (C=O) groups excluding carboxylic acids is 2. The molecule has 1 saturated heterocycles. The van der Waals surface area contributed by atoms with Crippen molar-refractivity contribution < 1.29 is 14.3 Å². The lowest BCUT2D eigenvalue weighted by Crippen LogP contribution is -2.38. The first-order valence-electron chi connectivity index (χ1n) is 6.96. The van der Waals surface area contributed by atoms with E-state index in [-0.39, 0.29) is 30.2 Å². The van der Waals surface area contributed by atoms with E-state index in [1.807, 2.05) is 6.92 Å². The first kappa shape index (κ1) is 17.1. The molecule has 1 aliphatic rings. The Kier molecular flexibility index (Phi) is 5.67. The van der Waals surface area contributed by atoms with E-state index in [4.69, 9.17) is 27.9 Å². The van der Waals surface area contributed by atoms with Gasteiger partial charge in [-0.1, -0.05) is 23.2 Å². The number of carbonyl (C=O) groups is 2. The number of nitrogens with one attached hydrogen (secondary N) is 1. The van der Waals surface area contributed by atoms with Crippen molar-refractivity contribution in [2.45, 2.75) is 19.4 Å². The van der Waals surface area contributed by atoms with Crippen molar-refractivity contribution in [3.05, 3.63) is 28.2 Å². The van der Waals surface area contributed by atoms with Gasteiger partial charge in [0.1, 0.15) is 0 Å². The minimum absolute atomic E-state index is 0.0289. The Morgan fingerprint density at radius 3 is 2.82 bits per heavy atom. The molecule has 0 aliphatic carbocycles. The van der Waals surface area contributed by atoms with Crippen LogP contribution in [0, 0.1) is 5.92 Å². The van der Waals surface area contributed by atoms with Crippen LogP contribution in [0.1, 0.15) is 13.3 Å². The van der Waals surface area contributed by atoms with E-state index < -0.39 is 0 Å². The molecule has 0 radical (unpaired) electrons. The molecule has 1 aliphatic heterocycles. The van der Waals surface area contributed by atoms with Crippen molar-refractivity contribution >= 4 is 40.7 Å². The second-order valence-corrected chi connectivity index (χ2v) is 6.18. The van der Waals surface area contributed by atoms with E-state index in [1.165, 1.54) is 0 Å². The van der Waals surface area contributed by atoms with E-state index in [1.54, 1.807) is 30.2 Å². The maximum absolute atomic E-state index is 12.3. The van der Waals surface area contributed by atoms with Crippen molar-refractivity contribution in [2.24, 2.45) is 5.92 Å². The van der Waals surface area contributed by atoms with Crippen molar-refractivity contribution in [3.8, 4) is 0 Å². The third-order valence-electron chi connectivity index (χ3n) is 3.66. The minimum atomic E-state index is -0.374. The van der Waals surface area contributed by atoms with E-state index in [0.29, 0.717) is 28.9 Å². The summed E-state index contributed by atoms with van der Waals surface area (Å²) < 4.78 is 5.06. The lowest BCUT2D eigenvalue weighted by atomic mass is 10.1. The standard InChI is InChI=1S/C15H18Cl2N2O3/c1-9(8-22-2)19-7-10(5-14(19)20)15(21)18-11-3-4-12(16)13(17)6-11/h3-4,6,9-10H,5,7-8H2,1-2H3,(H,18,21). The fourth-order valence-corrected chi connectivity index (χ4v) is 2.78. The Hall–Kier alpha value is -1.30. The molecule has 0 bridgehead atoms. The van der Waals surface area contributed by atoms with Gasteiger partial charge >= 0.3 is 0 Å². The molecule has 120 valence electrons. The highest BCUT2D eigenvalue weighted by Gasteiger charge is 2.36. The van der Waals surface area contributed by atoms with E-state index in [9.17, 15) is 9.59 Å². The molecular weight excluding hydrogens is 327 g/mol. The predicted molar refractivity (Wildman–Crippen MR) is 86.2 cm³/mol. The molecule has 2 unspecified atom stereocenters. The van der Waals surface area contributed by atoms with Crippen molar-refractivity contribution in [1.29, 1.82) is 0 Å². The average molecular weight is 345 g/mol. The Labute approximate surface area is 139 Å². The largest absolute Gasteiger partial charge is 0.383 e. The number of rotatable bonds is 5. The van der Waals surface area contributed by atoms with Crippen LogP contribution in [-0.2, 0) is 14.3 Å². The molecule has 0 spiro atoms. The number of hydrogen-bond acceptors (Lipinski definition) is 3. The maximum Gasteiger partial charge on any atom is 0.229 e. The topological polar surface area (TPSA) is 58.6 Å². The molecule has 1 N–H and O–H groups in total. The van der Waals surface area contributed by atoms with E-state index in [2.05, 4.69) is 5.32 Å². The van der Waals surface area contributed by atoms with Gasteiger partial charge in [0.15, 0.2) is 0 Å². The Morgan fingerprint density at radius 1 is 1.45 bits per heavy atom. The van der Waals surface area contributed by atoms with Gasteiger partial charge in [-0.2, -0.15) is 0 Å². The molecule has 0 saturated carbocycles. The van der Waals surface area contributed by atoms with Crippen molar-refractivity contribution in [1.82, 2.24) is 4.90 Å². The monoisotopic (exact) mass is 344 g/mol. The number of benzene rings is 1. The van der Waals surface area contributed by atoms with Crippen molar-refractivity contribution in [3.63, 3.8) is 0 Å². The zero-order valence-corrected chi connectivity index (χ0v) is 13.9. The zero-order valence-electron chi connectivity index (χ0n) is 12.4. The van der Waals surface area contributed by atoms with Gasteiger partial charge in [-0.3, -0.25) is 9.59 Å². The number of ether oxygens (including phenoxy) is 1. The molecule has 0 aromatic heterocycles. The lowest BCUT2D eigenvalue weighted by molar-refractivity contribution is -0.130. The third kappa shape index (κ3) is 3.91. The summed E-state index contributed by atoms with van der Waals surface area (Å²) in [5, 5.41) is 3.57. The molecule has 2 rings (SSSR count). The summed E-state index contributed by atoms with van der Waals surface area (Å²) in [5.74, 6) is -0.598. The lowest BCUT2D eigenvalue weighted by Gasteiger charge is -2.23. The molecule has 1 fully saturated rings. The molecule has 1 heterocycles. The number of anilines is 1. The van der Waals surface area contributed by atoms with Gasteiger partial charge in [0.05, 0.1) is 28.6 Å². The fourth-order valence-electron chi connectivity index (χ4n) is 2.48. The Morgan fingerprint density at radius 2 is 2.18 bits per heavy atom. The van der Waals surface area contributed by atoms with Crippen LogP contribution in [0.2, 0.25) is 10.0 Å². The second-order valence-electron chi connectivity index (χ2n) is 5.37.